The molecule has 0 bridgehead atoms. The van der Waals surface area contributed by atoms with E-state index in [2.05, 4.69) is 20.3 Å². The molecule has 8 nitrogen and oxygen atoms in total. The van der Waals surface area contributed by atoms with Gasteiger partial charge in [0.15, 0.2) is 5.13 Å². The predicted octanol–water partition coefficient (Wildman–Crippen LogP) is 2.98. The third-order valence-corrected chi connectivity index (χ3v) is 8.65. The number of anilines is 1. The number of thiophene rings is 1. The maximum Gasteiger partial charge on any atom is 0.261 e. The van der Waals surface area contributed by atoms with E-state index in [1.807, 2.05) is 12.1 Å². The first-order valence-electron chi connectivity index (χ1n) is 8.79. The second-order valence-corrected chi connectivity index (χ2v) is 10.8. The lowest BCUT2D eigenvalue weighted by Crippen LogP contribution is -2.22. The Kier molecular flexibility index (Phi) is 5.50. The fourth-order valence-electron chi connectivity index (χ4n) is 2.63. The second-order valence-electron chi connectivity index (χ2n) is 6.55. The molecule has 1 amide bonds. The van der Waals surface area contributed by atoms with E-state index in [9.17, 15) is 13.2 Å². The summed E-state index contributed by atoms with van der Waals surface area (Å²) in [5.41, 5.74) is 0.559. The number of fused-ring (bicyclic) bond motifs is 1. The van der Waals surface area contributed by atoms with Crippen molar-refractivity contribution in [3.63, 3.8) is 0 Å². The van der Waals surface area contributed by atoms with Crippen LogP contribution in [0.1, 0.15) is 15.4 Å². The molecular formula is C19H17N5O3S3. The Labute approximate surface area is 181 Å². The summed E-state index contributed by atoms with van der Waals surface area (Å²) in [5, 5.41) is 4.38. The first-order chi connectivity index (χ1) is 14.3. The van der Waals surface area contributed by atoms with Crippen molar-refractivity contribution in [2.75, 3.05) is 19.0 Å². The second kappa shape index (κ2) is 8.09. The van der Waals surface area contributed by atoms with Crippen molar-refractivity contribution in [1.29, 1.82) is 0 Å². The number of carbonyl (C=O) groups excluding carboxylic acids is 1. The fourth-order valence-corrected chi connectivity index (χ4v) is 5.96. The molecule has 4 heterocycles. The third-order valence-electron chi connectivity index (χ3n) is 4.20. The number of aromatic nitrogens is 3. The average Bonchev–Trinajstić information content (AvgIpc) is 3.40. The average molecular weight is 460 g/mol. The first-order valence-corrected chi connectivity index (χ1v) is 11.9. The van der Waals surface area contributed by atoms with Crippen molar-refractivity contribution in [3.8, 4) is 0 Å². The van der Waals surface area contributed by atoms with Gasteiger partial charge in [-0.1, -0.05) is 11.3 Å². The number of hydrogen-bond acceptors (Lipinski definition) is 9. The number of amides is 1. The Morgan fingerprint density at radius 2 is 1.93 bits per heavy atom. The largest absolute Gasteiger partial charge is 0.354 e. The highest BCUT2D eigenvalue weighted by Crippen LogP contribution is 2.29. The van der Waals surface area contributed by atoms with Crippen LogP contribution in [0.5, 0.6) is 0 Å². The molecule has 0 fully saturated rings. The molecule has 0 saturated heterocycles. The van der Waals surface area contributed by atoms with Gasteiger partial charge in [0, 0.05) is 32.7 Å². The molecule has 0 aliphatic rings. The van der Waals surface area contributed by atoms with Gasteiger partial charge < -0.3 is 10.2 Å². The van der Waals surface area contributed by atoms with Gasteiger partial charge in [-0.2, -0.15) is 0 Å². The van der Waals surface area contributed by atoms with Gasteiger partial charge >= 0.3 is 0 Å². The Bertz CT molecular complexity index is 1280. The topological polar surface area (TPSA) is 105 Å². The molecule has 154 valence electrons. The van der Waals surface area contributed by atoms with Crippen LogP contribution >= 0.6 is 22.7 Å². The lowest BCUT2D eigenvalue weighted by molar-refractivity contribution is 0.0954. The fraction of sp³-hybridized carbons (Fsp3) is 0.158. The van der Waals surface area contributed by atoms with Gasteiger partial charge in [-0.05, 0) is 29.7 Å². The van der Waals surface area contributed by atoms with E-state index < -0.39 is 9.84 Å². The van der Waals surface area contributed by atoms with Crippen LogP contribution < -0.4 is 10.2 Å². The van der Waals surface area contributed by atoms with Crippen LogP contribution in [0.4, 0.5) is 5.13 Å². The van der Waals surface area contributed by atoms with Crippen molar-refractivity contribution in [3.05, 3.63) is 59.6 Å². The lowest BCUT2D eigenvalue weighted by Gasteiger charge is -2.06. The number of hydrogen-bond donors (Lipinski definition) is 1. The van der Waals surface area contributed by atoms with Crippen LogP contribution in [0.15, 0.2) is 58.2 Å². The highest BCUT2D eigenvalue weighted by molar-refractivity contribution is 7.93. The molecule has 0 aromatic carbocycles. The number of thiazole rings is 1. The normalized spacial score (nSPS) is 11.5. The van der Waals surface area contributed by atoms with Crippen molar-refractivity contribution in [2.24, 2.45) is 0 Å². The molecule has 0 aliphatic carbocycles. The summed E-state index contributed by atoms with van der Waals surface area (Å²) in [6, 6.07) is 6.75. The van der Waals surface area contributed by atoms with Crippen LogP contribution in [-0.2, 0) is 16.4 Å². The van der Waals surface area contributed by atoms with Gasteiger partial charge in [0.25, 0.3) is 5.91 Å². The van der Waals surface area contributed by atoms with Crippen molar-refractivity contribution >= 4 is 53.6 Å². The standard InChI is InChI=1S/C19H17N5O3S3/c1-24(2)19-23-11-17(29-19)30(26,27)14-4-3-13(21-9-14)8-22-18(25)15-7-12-5-6-20-10-16(12)28-15/h3-7,9-11H,8H2,1-2H3,(H,22,25). The van der Waals surface area contributed by atoms with Gasteiger partial charge in [-0.3, -0.25) is 14.8 Å². The van der Waals surface area contributed by atoms with E-state index in [0.717, 1.165) is 21.4 Å². The zero-order valence-electron chi connectivity index (χ0n) is 16.1. The molecule has 4 aromatic rings. The summed E-state index contributed by atoms with van der Waals surface area (Å²) in [6.07, 6.45) is 6.06. The zero-order chi connectivity index (χ0) is 21.3. The number of nitrogens with one attached hydrogen (secondary N) is 1. The minimum Gasteiger partial charge on any atom is -0.354 e. The Morgan fingerprint density at radius 3 is 2.60 bits per heavy atom. The molecule has 11 heteroatoms. The number of rotatable bonds is 6. The quantitative estimate of drug-likeness (QED) is 0.472. The van der Waals surface area contributed by atoms with Gasteiger partial charge in [0.2, 0.25) is 9.84 Å². The highest BCUT2D eigenvalue weighted by atomic mass is 32.2. The van der Waals surface area contributed by atoms with Gasteiger partial charge in [-0.15, -0.1) is 11.3 Å². The van der Waals surface area contributed by atoms with Gasteiger partial charge in [0.05, 0.1) is 32.9 Å². The number of nitrogens with zero attached hydrogens (tertiary/aromatic N) is 4. The maximum absolute atomic E-state index is 12.8. The molecule has 0 radical (unpaired) electrons. The molecule has 1 N–H and O–H groups in total. The van der Waals surface area contributed by atoms with Crippen LogP contribution in [0.3, 0.4) is 0 Å². The minimum atomic E-state index is -3.68. The Morgan fingerprint density at radius 1 is 1.10 bits per heavy atom. The van der Waals surface area contributed by atoms with Crippen molar-refractivity contribution in [1.82, 2.24) is 20.3 Å². The molecular weight excluding hydrogens is 442 g/mol. The summed E-state index contributed by atoms with van der Waals surface area (Å²) < 4.78 is 26.6. The Balaban J connectivity index is 1.44. The molecule has 4 aromatic heterocycles. The molecule has 0 atom stereocenters. The van der Waals surface area contributed by atoms with Gasteiger partial charge in [0.1, 0.15) is 4.21 Å². The maximum atomic E-state index is 12.8. The molecule has 30 heavy (non-hydrogen) atoms. The lowest BCUT2D eigenvalue weighted by atomic mass is 10.3. The summed E-state index contributed by atoms with van der Waals surface area (Å²) in [6.45, 7) is 0.191. The molecule has 4 rings (SSSR count). The summed E-state index contributed by atoms with van der Waals surface area (Å²) in [5.74, 6) is -0.212. The van der Waals surface area contributed by atoms with Crippen LogP contribution in [0, 0.1) is 0 Å². The van der Waals surface area contributed by atoms with Crippen LogP contribution in [0.25, 0.3) is 10.1 Å². The predicted molar refractivity (Wildman–Crippen MR) is 117 cm³/mol. The molecule has 0 unspecified atom stereocenters. The van der Waals surface area contributed by atoms with Crippen molar-refractivity contribution < 1.29 is 13.2 Å². The van der Waals surface area contributed by atoms with E-state index in [0.29, 0.717) is 15.7 Å². The first kappa shape index (κ1) is 20.4. The van der Waals surface area contributed by atoms with E-state index in [4.69, 9.17) is 0 Å². The van der Waals surface area contributed by atoms with Crippen LogP contribution in [0.2, 0.25) is 0 Å². The number of pyridine rings is 2. The zero-order valence-corrected chi connectivity index (χ0v) is 18.5. The smallest absolute Gasteiger partial charge is 0.261 e. The SMILES string of the molecule is CN(C)c1ncc(S(=O)(=O)c2ccc(CNC(=O)c3cc4ccncc4s3)nc2)s1. The summed E-state index contributed by atoms with van der Waals surface area (Å²) in [7, 11) is -0.0799. The van der Waals surface area contributed by atoms with Crippen molar-refractivity contribution in [2.45, 2.75) is 15.6 Å². The molecule has 0 saturated carbocycles. The molecule has 0 spiro atoms. The van der Waals surface area contributed by atoms with Crippen LogP contribution in [-0.4, -0.2) is 43.4 Å². The van der Waals surface area contributed by atoms with Gasteiger partial charge in [-0.25, -0.2) is 13.4 Å². The van der Waals surface area contributed by atoms with E-state index in [1.54, 1.807) is 37.5 Å². The van der Waals surface area contributed by atoms with E-state index in [-0.39, 0.29) is 21.6 Å². The number of sulfone groups is 1. The molecule has 0 aliphatic heterocycles. The van der Waals surface area contributed by atoms with E-state index >= 15 is 0 Å². The summed E-state index contributed by atoms with van der Waals surface area (Å²) >= 11 is 2.46. The van der Waals surface area contributed by atoms with E-state index in [1.165, 1.54) is 29.8 Å². The third kappa shape index (κ3) is 4.04. The Hall–Kier alpha value is -2.89. The summed E-state index contributed by atoms with van der Waals surface area (Å²) in [4.78, 5) is 27.2. The monoisotopic (exact) mass is 459 g/mol. The minimum absolute atomic E-state index is 0.0866. The highest BCUT2D eigenvalue weighted by Gasteiger charge is 2.22. The number of carbonyl (C=O) groups is 1.